The number of aromatic hydroxyl groups is 1. The maximum absolute atomic E-state index is 12.3. The minimum atomic E-state index is -0.283. The summed E-state index contributed by atoms with van der Waals surface area (Å²) in [5.41, 5.74) is 2.46. The fraction of sp³-hybridized carbons (Fsp3) is 0.118. The van der Waals surface area contributed by atoms with Gasteiger partial charge in [0, 0.05) is 6.42 Å². The van der Waals surface area contributed by atoms with Crippen molar-refractivity contribution in [3.8, 4) is 5.75 Å². The Morgan fingerprint density at radius 1 is 1.14 bits per heavy atom. The van der Waals surface area contributed by atoms with Gasteiger partial charge in [-0.25, -0.2) is 0 Å². The van der Waals surface area contributed by atoms with Crippen LogP contribution < -0.4 is 5.56 Å². The molecule has 106 valence electrons. The first-order chi connectivity index (χ1) is 10.1. The molecule has 1 heterocycles. The molecule has 0 atom stereocenters. The lowest BCUT2D eigenvalue weighted by molar-refractivity contribution is 0.474. The highest BCUT2D eigenvalue weighted by Gasteiger charge is 2.15. The van der Waals surface area contributed by atoms with Crippen LogP contribution >= 0.6 is 11.6 Å². The molecule has 0 saturated heterocycles. The van der Waals surface area contributed by atoms with Crippen LogP contribution in [0.3, 0.4) is 0 Å². The van der Waals surface area contributed by atoms with Crippen molar-refractivity contribution in [1.29, 1.82) is 0 Å². The number of nitrogens with one attached hydrogen (secondary N) is 1. The molecule has 4 heteroatoms. The molecule has 0 aliphatic rings. The third kappa shape index (κ3) is 2.41. The third-order valence-electron chi connectivity index (χ3n) is 3.62. The normalized spacial score (nSPS) is 11.0. The average molecular weight is 300 g/mol. The van der Waals surface area contributed by atoms with Crippen molar-refractivity contribution in [3.63, 3.8) is 0 Å². The highest BCUT2D eigenvalue weighted by molar-refractivity contribution is 6.36. The lowest BCUT2D eigenvalue weighted by atomic mass is 10.0. The number of fused-ring (bicyclic) bond motifs is 1. The van der Waals surface area contributed by atoms with E-state index in [0.717, 1.165) is 11.1 Å². The molecule has 0 saturated carbocycles. The molecule has 3 aromatic rings. The van der Waals surface area contributed by atoms with E-state index in [1.54, 1.807) is 6.07 Å². The molecule has 0 unspecified atom stereocenters. The van der Waals surface area contributed by atoms with Gasteiger partial charge in [0.25, 0.3) is 5.56 Å². The van der Waals surface area contributed by atoms with Gasteiger partial charge in [-0.1, -0.05) is 48.0 Å². The highest BCUT2D eigenvalue weighted by atomic mass is 35.5. The Morgan fingerprint density at radius 2 is 1.86 bits per heavy atom. The van der Waals surface area contributed by atoms with Gasteiger partial charge in [-0.15, -0.1) is 0 Å². The molecule has 0 fully saturated rings. The summed E-state index contributed by atoms with van der Waals surface area (Å²) < 4.78 is 0. The van der Waals surface area contributed by atoms with Gasteiger partial charge >= 0.3 is 0 Å². The SMILES string of the molecule is Cc1ccc(Cl)c2c(O)c(Cc3ccccc3)c(=O)[nH]c12. The summed E-state index contributed by atoms with van der Waals surface area (Å²) >= 11 is 6.18. The first-order valence-electron chi connectivity index (χ1n) is 6.65. The van der Waals surface area contributed by atoms with Crippen molar-refractivity contribution in [2.24, 2.45) is 0 Å². The van der Waals surface area contributed by atoms with Crippen molar-refractivity contribution in [3.05, 3.63) is 74.5 Å². The van der Waals surface area contributed by atoms with Gasteiger partial charge in [0.05, 0.1) is 21.5 Å². The molecule has 3 nitrogen and oxygen atoms in total. The molecule has 3 rings (SSSR count). The summed E-state index contributed by atoms with van der Waals surface area (Å²) in [7, 11) is 0. The lowest BCUT2D eigenvalue weighted by Crippen LogP contribution is -2.14. The standard InChI is InChI=1S/C17H14ClNO2/c1-10-7-8-13(18)14-15(10)19-17(21)12(16(14)20)9-11-5-3-2-4-6-11/h2-8H,9H2,1H3,(H2,19,20,21). The average Bonchev–Trinajstić information content (AvgIpc) is 2.48. The molecule has 21 heavy (non-hydrogen) atoms. The number of pyridine rings is 1. The maximum Gasteiger partial charge on any atom is 0.255 e. The van der Waals surface area contributed by atoms with E-state index >= 15 is 0 Å². The summed E-state index contributed by atoms with van der Waals surface area (Å²) in [6.07, 6.45) is 0.363. The number of benzene rings is 2. The summed E-state index contributed by atoms with van der Waals surface area (Å²) in [5, 5.41) is 11.4. The summed E-state index contributed by atoms with van der Waals surface area (Å²) in [6, 6.07) is 13.1. The first-order valence-corrected chi connectivity index (χ1v) is 7.02. The van der Waals surface area contributed by atoms with Crippen LogP contribution in [0.5, 0.6) is 5.75 Å². The zero-order valence-corrected chi connectivity index (χ0v) is 12.2. The number of hydrogen-bond donors (Lipinski definition) is 2. The Hall–Kier alpha value is -2.26. The van der Waals surface area contributed by atoms with Crippen molar-refractivity contribution in [1.82, 2.24) is 4.98 Å². The molecule has 0 bridgehead atoms. The second-order valence-corrected chi connectivity index (χ2v) is 5.47. The van der Waals surface area contributed by atoms with Crippen LogP contribution in [-0.2, 0) is 6.42 Å². The molecule has 0 aliphatic carbocycles. The van der Waals surface area contributed by atoms with Gasteiger partial charge in [0.2, 0.25) is 0 Å². The van der Waals surface area contributed by atoms with E-state index in [1.165, 1.54) is 0 Å². The van der Waals surface area contributed by atoms with Crippen LogP contribution in [0, 0.1) is 6.92 Å². The molecular formula is C17H14ClNO2. The van der Waals surface area contributed by atoms with Crippen LogP contribution in [0.2, 0.25) is 5.02 Å². The van der Waals surface area contributed by atoms with E-state index in [9.17, 15) is 9.90 Å². The Bertz CT molecular complexity index is 869. The summed E-state index contributed by atoms with van der Waals surface area (Å²) in [5.74, 6) is -0.0358. The zero-order valence-electron chi connectivity index (χ0n) is 11.5. The molecule has 0 aliphatic heterocycles. The van der Waals surface area contributed by atoms with E-state index in [1.807, 2.05) is 43.3 Å². The molecule has 0 radical (unpaired) electrons. The van der Waals surface area contributed by atoms with Crippen molar-refractivity contribution >= 4 is 22.5 Å². The number of aryl methyl sites for hydroxylation is 1. The Balaban J connectivity index is 2.25. The number of aromatic nitrogens is 1. The quantitative estimate of drug-likeness (QED) is 0.756. The smallest absolute Gasteiger partial charge is 0.255 e. The Labute approximate surface area is 126 Å². The Kier molecular flexibility index (Phi) is 3.43. The van der Waals surface area contributed by atoms with Crippen molar-refractivity contribution < 1.29 is 5.11 Å². The zero-order chi connectivity index (χ0) is 15.0. The summed E-state index contributed by atoms with van der Waals surface area (Å²) in [4.78, 5) is 15.1. The monoisotopic (exact) mass is 299 g/mol. The maximum atomic E-state index is 12.3. The molecule has 0 amide bonds. The number of H-pyrrole nitrogens is 1. The second-order valence-electron chi connectivity index (χ2n) is 5.06. The topological polar surface area (TPSA) is 53.1 Å². The van der Waals surface area contributed by atoms with E-state index < -0.39 is 0 Å². The fourth-order valence-corrected chi connectivity index (χ4v) is 2.73. The second kappa shape index (κ2) is 5.26. The van der Waals surface area contributed by atoms with Gasteiger partial charge in [0.1, 0.15) is 5.75 Å². The fourth-order valence-electron chi connectivity index (χ4n) is 2.49. The van der Waals surface area contributed by atoms with Crippen LogP contribution in [0.15, 0.2) is 47.3 Å². The van der Waals surface area contributed by atoms with Gasteiger partial charge < -0.3 is 10.1 Å². The third-order valence-corrected chi connectivity index (χ3v) is 3.94. The van der Waals surface area contributed by atoms with Crippen LogP contribution in [-0.4, -0.2) is 10.1 Å². The van der Waals surface area contributed by atoms with E-state index in [4.69, 9.17) is 11.6 Å². The van der Waals surface area contributed by atoms with Gasteiger partial charge in [-0.2, -0.15) is 0 Å². The number of hydrogen-bond acceptors (Lipinski definition) is 2. The van der Waals surface area contributed by atoms with E-state index in [0.29, 0.717) is 27.9 Å². The van der Waals surface area contributed by atoms with Crippen molar-refractivity contribution in [2.45, 2.75) is 13.3 Å². The lowest BCUT2D eigenvalue weighted by Gasteiger charge is -2.10. The van der Waals surface area contributed by atoms with Gasteiger partial charge in [0.15, 0.2) is 0 Å². The van der Waals surface area contributed by atoms with Crippen LogP contribution in [0.25, 0.3) is 10.9 Å². The molecular weight excluding hydrogens is 286 g/mol. The van der Waals surface area contributed by atoms with E-state index in [2.05, 4.69) is 4.98 Å². The minimum Gasteiger partial charge on any atom is -0.507 e. The number of rotatable bonds is 2. The first kappa shape index (κ1) is 13.7. The number of aromatic amines is 1. The highest BCUT2D eigenvalue weighted by Crippen LogP contribution is 2.33. The molecule has 2 aromatic carbocycles. The molecule has 2 N–H and O–H groups in total. The molecule has 0 spiro atoms. The Morgan fingerprint density at radius 3 is 2.57 bits per heavy atom. The number of halogens is 1. The molecule has 1 aromatic heterocycles. The largest absolute Gasteiger partial charge is 0.507 e. The van der Waals surface area contributed by atoms with Gasteiger partial charge in [-0.05, 0) is 24.1 Å². The van der Waals surface area contributed by atoms with Crippen molar-refractivity contribution in [2.75, 3.05) is 0 Å². The van der Waals surface area contributed by atoms with Gasteiger partial charge in [-0.3, -0.25) is 4.79 Å². The van der Waals surface area contributed by atoms with E-state index in [-0.39, 0.29) is 11.3 Å². The van der Waals surface area contributed by atoms with Crippen LogP contribution in [0.4, 0.5) is 0 Å². The summed E-state index contributed by atoms with van der Waals surface area (Å²) in [6.45, 7) is 1.87. The predicted molar refractivity (Wildman–Crippen MR) is 85.2 cm³/mol. The van der Waals surface area contributed by atoms with Crippen LogP contribution in [0.1, 0.15) is 16.7 Å². The predicted octanol–water partition coefficient (Wildman–Crippen LogP) is 3.79. The minimum absolute atomic E-state index is 0.0358.